The maximum atomic E-state index is 12.1. The molecular weight excluding hydrogens is 316 g/mol. The lowest BCUT2D eigenvalue weighted by molar-refractivity contribution is -0.150. The van der Waals surface area contributed by atoms with E-state index in [0.29, 0.717) is 0 Å². The first-order valence-corrected chi connectivity index (χ1v) is 8.67. The number of nitrogens with one attached hydrogen (secondary N) is 1. The van der Waals surface area contributed by atoms with Crippen LogP contribution in [0.25, 0.3) is 0 Å². The Hall–Kier alpha value is -0.770. The molecule has 0 aliphatic carbocycles. The van der Waals surface area contributed by atoms with Crippen LogP contribution in [0.1, 0.15) is 46.5 Å². The molecule has 0 aromatic heterocycles. The van der Waals surface area contributed by atoms with E-state index in [1.165, 1.54) is 0 Å². The molecule has 5 atom stereocenters. The second kappa shape index (κ2) is 12.6. The summed E-state index contributed by atoms with van der Waals surface area (Å²) in [7, 11) is 0. The largest absolute Gasteiger partial charge is 0.394 e. The van der Waals surface area contributed by atoms with Gasteiger partial charge in [0, 0.05) is 13.1 Å². The van der Waals surface area contributed by atoms with Gasteiger partial charge in [-0.05, 0) is 19.8 Å². The predicted octanol–water partition coefficient (Wildman–Crippen LogP) is -1.21. The second-order valence-corrected chi connectivity index (χ2v) is 6.10. The Morgan fingerprint density at radius 2 is 1.50 bits per heavy atom. The minimum atomic E-state index is -1.90. The number of unbranched alkanes of at least 4 members (excludes halogenated alkanes) is 2. The molecule has 0 fully saturated rings. The van der Waals surface area contributed by atoms with Gasteiger partial charge in [0.25, 0.3) is 5.91 Å². The van der Waals surface area contributed by atoms with Gasteiger partial charge in [-0.15, -0.1) is 0 Å². The molecule has 8 nitrogen and oxygen atoms in total. The Bertz CT molecular complexity index is 337. The molecule has 0 rings (SSSR count). The summed E-state index contributed by atoms with van der Waals surface area (Å²) in [5, 5.41) is 49.8. The highest BCUT2D eigenvalue weighted by molar-refractivity contribution is 5.81. The Labute approximate surface area is 144 Å². The Morgan fingerprint density at radius 1 is 1.00 bits per heavy atom. The van der Waals surface area contributed by atoms with Gasteiger partial charge in [-0.1, -0.05) is 26.7 Å². The lowest BCUT2D eigenvalue weighted by Gasteiger charge is -2.31. The summed E-state index contributed by atoms with van der Waals surface area (Å²) < 4.78 is 0. The van der Waals surface area contributed by atoms with Crippen molar-refractivity contribution in [3.8, 4) is 0 Å². The second-order valence-electron chi connectivity index (χ2n) is 6.10. The lowest BCUT2D eigenvalue weighted by atomic mass is 10.0. The van der Waals surface area contributed by atoms with Crippen molar-refractivity contribution in [3.63, 3.8) is 0 Å². The number of hydrogen-bond acceptors (Lipinski definition) is 7. The molecule has 5 unspecified atom stereocenters. The topological polar surface area (TPSA) is 133 Å². The van der Waals surface area contributed by atoms with Crippen molar-refractivity contribution in [2.45, 2.75) is 77.0 Å². The molecule has 1 amide bonds. The number of carbonyl (C=O) groups excluding carboxylic acids is 1. The number of nitrogens with zero attached hydrogens (tertiary/aromatic N) is 1. The molecule has 0 aromatic carbocycles. The standard InChI is InChI=1S/C16H34N2O6/c1-4-6-8-18(9-7-5-2)11(3)17-16(24)15(23)14(22)13(21)12(20)10-19/h11-15,19-23H,4-10H2,1-3H3,(H,17,24). The first kappa shape index (κ1) is 23.2. The SMILES string of the molecule is CCCCN(CCCC)C(C)NC(=O)C(O)C(O)C(O)C(O)CO. The Balaban J connectivity index is 4.67. The quantitative estimate of drug-likeness (QED) is 0.230. The van der Waals surface area contributed by atoms with Gasteiger partial charge in [0.05, 0.1) is 12.8 Å². The highest BCUT2D eigenvalue weighted by Gasteiger charge is 2.34. The van der Waals surface area contributed by atoms with E-state index in [2.05, 4.69) is 24.1 Å². The predicted molar refractivity (Wildman–Crippen MR) is 90.1 cm³/mol. The molecule has 0 saturated carbocycles. The van der Waals surface area contributed by atoms with Gasteiger partial charge in [-0.2, -0.15) is 0 Å². The zero-order valence-electron chi connectivity index (χ0n) is 14.9. The fourth-order valence-electron chi connectivity index (χ4n) is 2.28. The molecule has 0 heterocycles. The van der Waals surface area contributed by atoms with Gasteiger partial charge in [-0.3, -0.25) is 9.69 Å². The van der Waals surface area contributed by atoms with E-state index >= 15 is 0 Å². The molecule has 6 N–H and O–H groups in total. The van der Waals surface area contributed by atoms with Crippen molar-refractivity contribution in [2.24, 2.45) is 0 Å². The summed E-state index contributed by atoms with van der Waals surface area (Å²) in [5.41, 5.74) is 0. The number of rotatable bonds is 13. The number of aliphatic hydroxyl groups is 5. The Kier molecular flexibility index (Phi) is 12.2. The third kappa shape index (κ3) is 7.87. The summed E-state index contributed by atoms with van der Waals surface area (Å²) in [6, 6.07) is 0. The minimum Gasteiger partial charge on any atom is -0.394 e. The van der Waals surface area contributed by atoms with Crippen LogP contribution in [0.2, 0.25) is 0 Å². The number of amides is 1. The maximum Gasteiger partial charge on any atom is 0.252 e. The summed E-state index contributed by atoms with van der Waals surface area (Å²) in [6.07, 6.45) is -3.56. The molecule has 0 bridgehead atoms. The monoisotopic (exact) mass is 350 g/mol. The van der Waals surface area contributed by atoms with Crippen LogP contribution in [-0.4, -0.2) is 86.6 Å². The molecule has 144 valence electrons. The van der Waals surface area contributed by atoms with Crippen molar-refractivity contribution >= 4 is 5.91 Å². The summed E-state index contributed by atoms with van der Waals surface area (Å²) in [6.45, 7) is 6.78. The van der Waals surface area contributed by atoms with E-state index in [-0.39, 0.29) is 6.17 Å². The van der Waals surface area contributed by atoms with Crippen molar-refractivity contribution in [2.75, 3.05) is 19.7 Å². The average molecular weight is 350 g/mol. The van der Waals surface area contributed by atoms with Crippen LogP contribution in [0.4, 0.5) is 0 Å². The molecule has 0 aromatic rings. The van der Waals surface area contributed by atoms with E-state index in [1.807, 2.05) is 0 Å². The highest BCUT2D eigenvalue weighted by Crippen LogP contribution is 2.07. The number of aliphatic hydroxyl groups excluding tert-OH is 5. The summed E-state index contributed by atoms with van der Waals surface area (Å²) >= 11 is 0. The van der Waals surface area contributed by atoms with Gasteiger partial charge in [0.1, 0.15) is 18.3 Å². The minimum absolute atomic E-state index is 0.336. The smallest absolute Gasteiger partial charge is 0.252 e. The first-order chi connectivity index (χ1) is 11.3. The van der Waals surface area contributed by atoms with Crippen molar-refractivity contribution in [3.05, 3.63) is 0 Å². The van der Waals surface area contributed by atoms with Crippen LogP contribution in [-0.2, 0) is 4.79 Å². The number of hydrogen-bond donors (Lipinski definition) is 6. The fraction of sp³-hybridized carbons (Fsp3) is 0.938. The van der Waals surface area contributed by atoms with E-state index in [0.717, 1.165) is 38.8 Å². The van der Waals surface area contributed by atoms with E-state index in [9.17, 15) is 25.2 Å². The van der Waals surface area contributed by atoms with E-state index < -0.39 is 36.9 Å². The molecular formula is C16H34N2O6. The highest BCUT2D eigenvalue weighted by atomic mass is 16.4. The van der Waals surface area contributed by atoms with Gasteiger partial charge in [0.2, 0.25) is 0 Å². The average Bonchev–Trinajstić information content (AvgIpc) is 2.58. The van der Waals surface area contributed by atoms with Crippen LogP contribution in [0.15, 0.2) is 0 Å². The van der Waals surface area contributed by atoms with Gasteiger partial charge < -0.3 is 30.8 Å². The molecule has 0 radical (unpaired) electrons. The third-order valence-electron chi connectivity index (χ3n) is 4.02. The first-order valence-electron chi connectivity index (χ1n) is 8.67. The van der Waals surface area contributed by atoms with Crippen molar-refractivity contribution in [1.29, 1.82) is 0 Å². The summed E-state index contributed by atoms with van der Waals surface area (Å²) in [4.78, 5) is 14.1. The van der Waals surface area contributed by atoms with Crippen LogP contribution in [0.5, 0.6) is 0 Å². The van der Waals surface area contributed by atoms with E-state index in [4.69, 9.17) is 5.11 Å². The zero-order valence-corrected chi connectivity index (χ0v) is 14.9. The van der Waals surface area contributed by atoms with E-state index in [1.54, 1.807) is 6.92 Å². The Morgan fingerprint density at radius 3 is 1.92 bits per heavy atom. The summed E-state index contributed by atoms with van der Waals surface area (Å²) in [5.74, 6) is -0.836. The lowest BCUT2D eigenvalue weighted by Crippen LogP contribution is -2.55. The van der Waals surface area contributed by atoms with Crippen LogP contribution < -0.4 is 5.32 Å². The van der Waals surface area contributed by atoms with Gasteiger partial charge >= 0.3 is 0 Å². The maximum absolute atomic E-state index is 12.1. The van der Waals surface area contributed by atoms with Crippen LogP contribution >= 0.6 is 0 Å². The van der Waals surface area contributed by atoms with Crippen molar-refractivity contribution < 1.29 is 30.3 Å². The van der Waals surface area contributed by atoms with Gasteiger partial charge in [0.15, 0.2) is 6.10 Å². The molecule has 8 heteroatoms. The normalized spacial score (nSPS) is 18.0. The zero-order chi connectivity index (χ0) is 18.7. The molecule has 24 heavy (non-hydrogen) atoms. The molecule has 0 aliphatic rings. The van der Waals surface area contributed by atoms with Gasteiger partial charge in [-0.25, -0.2) is 0 Å². The third-order valence-corrected chi connectivity index (χ3v) is 4.02. The number of carbonyl (C=O) groups is 1. The van der Waals surface area contributed by atoms with Crippen LogP contribution in [0, 0.1) is 0 Å². The molecule has 0 saturated heterocycles. The van der Waals surface area contributed by atoms with Crippen LogP contribution in [0.3, 0.4) is 0 Å². The van der Waals surface area contributed by atoms with Crippen molar-refractivity contribution in [1.82, 2.24) is 10.2 Å². The molecule has 0 spiro atoms. The fourth-order valence-corrected chi connectivity index (χ4v) is 2.28. The molecule has 0 aliphatic heterocycles.